The van der Waals surface area contributed by atoms with Gasteiger partial charge in [-0.1, -0.05) is 29.8 Å². The molecule has 2 aliphatic heterocycles. The fourth-order valence-corrected chi connectivity index (χ4v) is 3.92. The second kappa shape index (κ2) is 7.62. The third-order valence-corrected chi connectivity index (χ3v) is 5.45. The van der Waals surface area contributed by atoms with Gasteiger partial charge in [-0.15, -0.1) is 0 Å². The number of likely N-dealkylation sites (tertiary alicyclic amines) is 1. The molecule has 2 aromatic carbocycles. The van der Waals surface area contributed by atoms with E-state index in [1.807, 2.05) is 36.1 Å². The van der Waals surface area contributed by atoms with Crippen LogP contribution in [-0.4, -0.2) is 44.0 Å². The molecular weight excluding hydrogens is 368 g/mol. The molecule has 150 valence electrons. The molecule has 0 saturated carbocycles. The molecule has 2 aliphatic rings. The van der Waals surface area contributed by atoms with Gasteiger partial charge in [-0.2, -0.15) is 0 Å². The molecule has 29 heavy (non-hydrogen) atoms. The van der Waals surface area contributed by atoms with Gasteiger partial charge in [-0.25, -0.2) is 4.90 Å². The number of carbonyl (C=O) groups excluding carboxylic acids is 2. The lowest BCUT2D eigenvalue weighted by atomic mass is 10.0. The smallest absolute Gasteiger partial charge is 0.282 e. The molecule has 1 fully saturated rings. The van der Waals surface area contributed by atoms with Crippen LogP contribution < -0.4 is 14.4 Å². The van der Waals surface area contributed by atoms with Crippen LogP contribution in [0.3, 0.4) is 0 Å². The zero-order chi connectivity index (χ0) is 20.5. The van der Waals surface area contributed by atoms with Crippen molar-refractivity contribution in [1.82, 2.24) is 4.90 Å². The Morgan fingerprint density at radius 2 is 1.55 bits per heavy atom. The number of hydrogen-bond donors (Lipinski definition) is 0. The van der Waals surface area contributed by atoms with Crippen LogP contribution in [0.4, 0.5) is 5.69 Å². The highest BCUT2D eigenvalue weighted by molar-refractivity contribution is 6.45. The van der Waals surface area contributed by atoms with Crippen molar-refractivity contribution in [3.63, 3.8) is 0 Å². The molecule has 6 nitrogen and oxygen atoms in total. The summed E-state index contributed by atoms with van der Waals surface area (Å²) in [6.07, 6.45) is 2.02. The van der Waals surface area contributed by atoms with Crippen LogP contribution in [0, 0.1) is 6.92 Å². The summed E-state index contributed by atoms with van der Waals surface area (Å²) in [5.74, 6) is 0.331. The highest BCUT2D eigenvalue weighted by Gasteiger charge is 2.44. The predicted octanol–water partition coefficient (Wildman–Crippen LogP) is 3.39. The van der Waals surface area contributed by atoms with E-state index in [0.717, 1.165) is 37.1 Å². The lowest BCUT2D eigenvalue weighted by Crippen LogP contribution is -2.34. The highest BCUT2D eigenvalue weighted by atomic mass is 16.5. The number of rotatable bonds is 5. The first-order chi connectivity index (χ1) is 14.0. The number of nitrogens with zero attached hydrogens (tertiary/aromatic N) is 2. The highest BCUT2D eigenvalue weighted by Crippen LogP contribution is 2.40. The minimum absolute atomic E-state index is 0.320. The normalized spacial score (nSPS) is 16.8. The van der Waals surface area contributed by atoms with Gasteiger partial charge < -0.3 is 14.4 Å². The number of anilines is 1. The third-order valence-electron chi connectivity index (χ3n) is 5.45. The molecule has 2 aromatic rings. The zero-order valence-corrected chi connectivity index (χ0v) is 16.9. The van der Waals surface area contributed by atoms with Gasteiger partial charge in [-0.05, 0) is 37.5 Å². The molecule has 0 spiro atoms. The van der Waals surface area contributed by atoms with Gasteiger partial charge in [0.2, 0.25) is 0 Å². The molecule has 0 radical (unpaired) electrons. The van der Waals surface area contributed by atoms with Crippen LogP contribution in [0.15, 0.2) is 48.2 Å². The monoisotopic (exact) mass is 392 g/mol. The van der Waals surface area contributed by atoms with Gasteiger partial charge >= 0.3 is 0 Å². The topological polar surface area (TPSA) is 59.1 Å². The fraction of sp³-hybridized carbons (Fsp3) is 0.304. The second-order valence-corrected chi connectivity index (χ2v) is 7.27. The maximum Gasteiger partial charge on any atom is 0.282 e. The van der Waals surface area contributed by atoms with E-state index in [9.17, 15) is 9.59 Å². The summed E-state index contributed by atoms with van der Waals surface area (Å²) in [5.41, 5.74) is 3.16. The van der Waals surface area contributed by atoms with Crippen LogP contribution >= 0.6 is 0 Å². The van der Waals surface area contributed by atoms with Crippen LogP contribution in [0.5, 0.6) is 11.5 Å². The average molecular weight is 392 g/mol. The van der Waals surface area contributed by atoms with Crippen LogP contribution in [0.25, 0.3) is 5.57 Å². The van der Waals surface area contributed by atoms with E-state index in [-0.39, 0.29) is 11.8 Å². The Kier molecular flexibility index (Phi) is 5.01. The standard InChI is InChI=1S/C23H24N2O4/c1-15-6-8-16(9-7-15)20-21(24-12-4-5-13-24)23(27)25(22(20)26)18-14-17(28-2)10-11-19(18)29-3/h6-11,14H,4-5,12-13H2,1-3H3. The summed E-state index contributed by atoms with van der Waals surface area (Å²) in [6.45, 7) is 3.54. The number of hydrogen-bond acceptors (Lipinski definition) is 5. The van der Waals surface area contributed by atoms with E-state index >= 15 is 0 Å². The molecule has 0 aliphatic carbocycles. The zero-order valence-electron chi connectivity index (χ0n) is 16.9. The Morgan fingerprint density at radius 3 is 2.17 bits per heavy atom. The van der Waals surface area contributed by atoms with Crippen LogP contribution in [0.1, 0.15) is 24.0 Å². The predicted molar refractivity (Wildman–Crippen MR) is 111 cm³/mol. The Hall–Kier alpha value is -3.28. The van der Waals surface area contributed by atoms with Crippen LogP contribution in [-0.2, 0) is 9.59 Å². The van der Waals surface area contributed by atoms with Gasteiger partial charge in [0.25, 0.3) is 11.8 Å². The van der Waals surface area contributed by atoms with Crippen molar-refractivity contribution in [3.8, 4) is 11.5 Å². The van der Waals surface area contributed by atoms with E-state index in [1.165, 1.54) is 12.0 Å². The van der Waals surface area contributed by atoms with Crippen molar-refractivity contribution in [2.24, 2.45) is 0 Å². The summed E-state index contributed by atoms with van der Waals surface area (Å²) in [4.78, 5) is 30.3. The third kappa shape index (κ3) is 3.24. The largest absolute Gasteiger partial charge is 0.497 e. The van der Waals surface area contributed by atoms with E-state index in [2.05, 4.69) is 0 Å². The minimum atomic E-state index is -0.340. The molecule has 6 heteroatoms. The number of benzene rings is 2. The van der Waals surface area contributed by atoms with Gasteiger partial charge in [0.1, 0.15) is 17.2 Å². The minimum Gasteiger partial charge on any atom is -0.497 e. The Balaban J connectivity index is 1.86. The first-order valence-corrected chi connectivity index (χ1v) is 9.72. The molecule has 0 N–H and O–H groups in total. The summed E-state index contributed by atoms with van der Waals surface area (Å²) in [5, 5.41) is 0. The van der Waals surface area contributed by atoms with Gasteiger partial charge in [-0.3, -0.25) is 9.59 Å². The summed E-state index contributed by atoms with van der Waals surface area (Å²) >= 11 is 0. The van der Waals surface area contributed by atoms with E-state index in [1.54, 1.807) is 25.3 Å². The van der Waals surface area contributed by atoms with Gasteiger partial charge in [0.05, 0.1) is 25.5 Å². The molecule has 2 amide bonds. The number of amides is 2. The summed E-state index contributed by atoms with van der Waals surface area (Å²) in [7, 11) is 3.07. The first kappa shape index (κ1) is 19.1. The van der Waals surface area contributed by atoms with E-state index < -0.39 is 0 Å². The molecule has 4 rings (SSSR count). The summed E-state index contributed by atoms with van der Waals surface area (Å²) in [6, 6.07) is 12.8. The quantitative estimate of drug-likeness (QED) is 0.730. The molecule has 0 aromatic heterocycles. The number of imide groups is 1. The molecule has 0 atom stereocenters. The van der Waals surface area contributed by atoms with Crippen molar-refractivity contribution < 1.29 is 19.1 Å². The van der Waals surface area contributed by atoms with E-state index in [0.29, 0.717) is 28.5 Å². The average Bonchev–Trinajstić information content (AvgIpc) is 3.34. The molecular formula is C23H24N2O4. The number of methoxy groups -OCH3 is 2. The van der Waals surface area contributed by atoms with Crippen molar-refractivity contribution in [2.75, 3.05) is 32.2 Å². The molecule has 0 bridgehead atoms. The Labute approximate surface area is 170 Å². The van der Waals surface area contributed by atoms with Crippen molar-refractivity contribution in [2.45, 2.75) is 19.8 Å². The Bertz CT molecular complexity index is 988. The summed E-state index contributed by atoms with van der Waals surface area (Å²) < 4.78 is 10.7. The molecule has 2 heterocycles. The number of carbonyl (C=O) groups is 2. The van der Waals surface area contributed by atoms with Crippen molar-refractivity contribution in [3.05, 3.63) is 59.3 Å². The SMILES string of the molecule is COc1ccc(OC)c(N2C(=O)C(c3ccc(C)cc3)=C(N3CCCC3)C2=O)c1. The molecule has 1 saturated heterocycles. The fourth-order valence-electron chi connectivity index (χ4n) is 3.92. The van der Waals surface area contributed by atoms with Gasteiger partial charge in [0.15, 0.2) is 0 Å². The lowest BCUT2D eigenvalue weighted by Gasteiger charge is -2.21. The lowest BCUT2D eigenvalue weighted by molar-refractivity contribution is -0.120. The van der Waals surface area contributed by atoms with Crippen LogP contribution in [0.2, 0.25) is 0 Å². The van der Waals surface area contributed by atoms with Crippen molar-refractivity contribution >= 4 is 23.1 Å². The second-order valence-electron chi connectivity index (χ2n) is 7.27. The number of ether oxygens (including phenoxy) is 2. The van der Waals surface area contributed by atoms with Crippen molar-refractivity contribution in [1.29, 1.82) is 0 Å². The maximum absolute atomic E-state index is 13.6. The molecule has 0 unspecified atom stereocenters. The number of aryl methyl sites for hydroxylation is 1. The first-order valence-electron chi connectivity index (χ1n) is 9.72. The Morgan fingerprint density at radius 1 is 0.862 bits per heavy atom. The van der Waals surface area contributed by atoms with E-state index in [4.69, 9.17) is 9.47 Å². The maximum atomic E-state index is 13.6. The van der Waals surface area contributed by atoms with Gasteiger partial charge in [0, 0.05) is 19.2 Å².